The predicted molar refractivity (Wildman–Crippen MR) is 62.3 cm³/mol. The summed E-state index contributed by atoms with van der Waals surface area (Å²) >= 11 is 0. The Bertz CT molecular complexity index is 273. The van der Waals surface area contributed by atoms with Crippen molar-refractivity contribution in [2.45, 2.75) is 44.8 Å². The average Bonchev–Trinajstić information content (AvgIpc) is 2.97. The Kier molecular flexibility index (Phi) is 2.97. The topological polar surface area (TPSA) is 41.6 Å². The highest BCUT2D eigenvalue weighted by molar-refractivity contribution is 5.84. The van der Waals surface area contributed by atoms with Crippen LogP contribution >= 0.6 is 0 Å². The van der Waals surface area contributed by atoms with Crippen molar-refractivity contribution in [3.05, 3.63) is 0 Å². The molecule has 2 aliphatic rings. The first kappa shape index (κ1) is 11.9. The molecule has 1 aliphatic carbocycles. The minimum absolute atomic E-state index is 0.0260. The Labute approximate surface area is 97.3 Å². The third-order valence-electron chi connectivity index (χ3n) is 3.22. The van der Waals surface area contributed by atoms with Crippen molar-refractivity contribution in [1.29, 1.82) is 0 Å². The Balaban J connectivity index is 1.99. The maximum Gasteiger partial charge on any atom is 0.327 e. The first-order valence-corrected chi connectivity index (χ1v) is 6.13. The van der Waals surface area contributed by atoms with Gasteiger partial charge in [0.05, 0.1) is 0 Å². The highest BCUT2D eigenvalue weighted by Gasteiger charge is 2.56. The summed E-state index contributed by atoms with van der Waals surface area (Å²) in [4.78, 5) is 14.4. The highest BCUT2D eigenvalue weighted by atomic mass is 16.6. The highest BCUT2D eigenvalue weighted by Crippen LogP contribution is 2.43. The summed E-state index contributed by atoms with van der Waals surface area (Å²) in [5.74, 6) is -0.0260. The number of ether oxygens (including phenoxy) is 1. The monoisotopic (exact) mass is 226 g/mol. The molecule has 1 aliphatic heterocycles. The summed E-state index contributed by atoms with van der Waals surface area (Å²) in [6.45, 7) is 9.66. The van der Waals surface area contributed by atoms with Gasteiger partial charge in [-0.3, -0.25) is 9.69 Å². The van der Waals surface area contributed by atoms with Crippen LogP contribution in [0.25, 0.3) is 0 Å². The minimum Gasteiger partial charge on any atom is -0.459 e. The molecule has 0 amide bonds. The molecule has 16 heavy (non-hydrogen) atoms. The van der Waals surface area contributed by atoms with Crippen molar-refractivity contribution < 1.29 is 9.53 Å². The van der Waals surface area contributed by atoms with Crippen LogP contribution in [0.3, 0.4) is 0 Å². The van der Waals surface area contributed by atoms with Crippen LogP contribution in [0.1, 0.15) is 33.6 Å². The molecule has 0 aromatic carbocycles. The number of piperazine rings is 1. The third kappa shape index (κ3) is 2.38. The fourth-order valence-electron chi connectivity index (χ4n) is 2.23. The van der Waals surface area contributed by atoms with Crippen LogP contribution in [0.15, 0.2) is 0 Å². The van der Waals surface area contributed by atoms with E-state index in [9.17, 15) is 4.79 Å². The molecule has 2 rings (SSSR count). The van der Waals surface area contributed by atoms with E-state index in [1.54, 1.807) is 0 Å². The van der Waals surface area contributed by atoms with Gasteiger partial charge in [0.25, 0.3) is 0 Å². The smallest absolute Gasteiger partial charge is 0.327 e. The summed E-state index contributed by atoms with van der Waals surface area (Å²) in [6.07, 6.45) is 1.92. The number of carbonyl (C=O) groups excluding carboxylic acids is 1. The van der Waals surface area contributed by atoms with Crippen LogP contribution in [0.5, 0.6) is 0 Å². The van der Waals surface area contributed by atoms with Crippen LogP contribution in [0, 0.1) is 0 Å². The van der Waals surface area contributed by atoms with Crippen molar-refractivity contribution in [2.75, 3.05) is 26.2 Å². The van der Waals surface area contributed by atoms with Gasteiger partial charge in [0, 0.05) is 26.2 Å². The zero-order valence-electron chi connectivity index (χ0n) is 10.5. The number of nitrogens with one attached hydrogen (secondary N) is 1. The van der Waals surface area contributed by atoms with Crippen LogP contribution < -0.4 is 5.32 Å². The van der Waals surface area contributed by atoms with Gasteiger partial charge in [0.15, 0.2) is 0 Å². The van der Waals surface area contributed by atoms with Gasteiger partial charge < -0.3 is 10.1 Å². The minimum atomic E-state index is -0.374. The SMILES string of the molecule is CC(C)(C)OC(=O)C1(N2CCNCC2)CC1. The van der Waals surface area contributed by atoms with E-state index in [4.69, 9.17) is 4.74 Å². The maximum absolute atomic E-state index is 12.2. The molecular formula is C12H22N2O2. The molecule has 92 valence electrons. The summed E-state index contributed by atoms with van der Waals surface area (Å²) in [7, 11) is 0. The van der Waals surface area contributed by atoms with E-state index in [1.807, 2.05) is 20.8 Å². The second-order valence-corrected chi connectivity index (χ2v) is 5.77. The first-order chi connectivity index (χ1) is 7.44. The molecule has 1 saturated carbocycles. The number of carbonyl (C=O) groups is 1. The molecule has 4 heteroatoms. The summed E-state index contributed by atoms with van der Waals surface area (Å²) in [5.41, 5.74) is -0.657. The van der Waals surface area contributed by atoms with E-state index >= 15 is 0 Å². The fourth-order valence-corrected chi connectivity index (χ4v) is 2.23. The Morgan fingerprint density at radius 1 is 1.25 bits per heavy atom. The predicted octanol–water partition coefficient (Wildman–Crippen LogP) is 0.766. The molecule has 0 unspecified atom stereocenters. The van der Waals surface area contributed by atoms with Gasteiger partial charge in [-0.15, -0.1) is 0 Å². The maximum atomic E-state index is 12.2. The molecule has 1 saturated heterocycles. The van der Waals surface area contributed by atoms with Crippen molar-refractivity contribution in [3.8, 4) is 0 Å². The third-order valence-corrected chi connectivity index (χ3v) is 3.22. The van der Waals surface area contributed by atoms with Gasteiger partial charge in [0.1, 0.15) is 11.1 Å². The lowest BCUT2D eigenvalue weighted by Crippen LogP contribution is -2.54. The van der Waals surface area contributed by atoms with Crippen molar-refractivity contribution in [3.63, 3.8) is 0 Å². The van der Waals surface area contributed by atoms with E-state index in [-0.39, 0.29) is 17.1 Å². The lowest BCUT2D eigenvalue weighted by atomic mass is 10.1. The number of hydrogen-bond donors (Lipinski definition) is 1. The van der Waals surface area contributed by atoms with Gasteiger partial charge in [-0.25, -0.2) is 0 Å². The van der Waals surface area contributed by atoms with Crippen molar-refractivity contribution in [2.24, 2.45) is 0 Å². The van der Waals surface area contributed by atoms with Gasteiger partial charge in [0.2, 0.25) is 0 Å². The van der Waals surface area contributed by atoms with Crippen molar-refractivity contribution >= 4 is 5.97 Å². The Morgan fingerprint density at radius 2 is 1.81 bits per heavy atom. The summed E-state index contributed by atoms with van der Waals surface area (Å²) in [5, 5.41) is 3.31. The van der Waals surface area contributed by atoms with Crippen molar-refractivity contribution in [1.82, 2.24) is 10.2 Å². The standard InChI is InChI=1S/C12H22N2O2/c1-11(2,3)16-10(15)12(4-5-12)14-8-6-13-7-9-14/h13H,4-9H2,1-3H3. The number of nitrogens with zero attached hydrogens (tertiary/aromatic N) is 1. The average molecular weight is 226 g/mol. The zero-order chi connectivity index (χ0) is 11.8. The van der Waals surface area contributed by atoms with E-state index in [0.29, 0.717) is 0 Å². The molecule has 0 radical (unpaired) electrons. The Morgan fingerprint density at radius 3 is 2.25 bits per heavy atom. The molecular weight excluding hydrogens is 204 g/mol. The zero-order valence-corrected chi connectivity index (χ0v) is 10.5. The number of esters is 1. The first-order valence-electron chi connectivity index (χ1n) is 6.13. The molecule has 1 N–H and O–H groups in total. The van der Waals surface area contributed by atoms with Crippen LogP contribution in [-0.2, 0) is 9.53 Å². The molecule has 0 aromatic heterocycles. The molecule has 0 atom stereocenters. The number of hydrogen-bond acceptors (Lipinski definition) is 4. The lowest BCUT2D eigenvalue weighted by molar-refractivity contribution is -0.163. The summed E-state index contributed by atoms with van der Waals surface area (Å²) in [6, 6.07) is 0. The molecule has 4 nitrogen and oxygen atoms in total. The van der Waals surface area contributed by atoms with Gasteiger partial charge in [-0.05, 0) is 33.6 Å². The quantitative estimate of drug-likeness (QED) is 0.706. The molecule has 2 fully saturated rings. The van der Waals surface area contributed by atoms with Crippen LogP contribution in [0.4, 0.5) is 0 Å². The van der Waals surface area contributed by atoms with Gasteiger partial charge in [-0.2, -0.15) is 0 Å². The van der Waals surface area contributed by atoms with Crippen LogP contribution in [0.2, 0.25) is 0 Å². The van der Waals surface area contributed by atoms with Crippen LogP contribution in [-0.4, -0.2) is 48.2 Å². The molecule has 0 spiro atoms. The van der Waals surface area contributed by atoms with E-state index in [2.05, 4.69) is 10.2 Å². The molecule has 0 bridgehead atoms. The Hall–Kier alpha value is -0.610. The molecule has 0 aromatic rings. The molecule has 1 heterocycles. The van der Waals surface area contributed by atoms with E-state index in [0.717, 1.165) is 39.0 Å². The number of rotatable bonds is 2. The summed E-state index contributed by atoms with van der Waals surface area (Å²) < 4.78 is 5.52. The van der Waals surface area contributed by atoms with E-state index in [1.165, 1.54) is 0 Å². The second kappa shape index (κ2) is 4.00. The van der Waals surface area contributed by atoms with E-state index < -0.39 is 0 Å². The lowest BCUT2D eigenvalue weighted by Gasteiger charge is -2.35. The van der Waals surface area contributed by atoms with Gasteiger partial charge in [-0.1, -0.05) is 0 Å². The normalized spacial score (nSPS) is 25.2. The van der Waals surface area contributed by atoms with Gasteiger partial charge >= 0.3 is 5.97 Å². The fraction of sp³-hybridized carbons (Fsp3) is 0.917. The second-order valence-electron chi connectivity index (χ2n) is 5.77. The largest absolute Gasteiger partial charge is 0.459 e.